The molecule has 19 heavy (non-hydrogen) atoms. The first-order valence-electron chi connectivity index (χ1n) is 5.48. The van der Waals surface area contributed by atoms with Gasteiger partial charge in [-0.3, -0.25) is 0 Å². The first kappa shape index (κ1) is 14.2. The molecule has 0 aromatic heterocycles. The van der Waals surface area contributed by atoms with Crippen molar-refractivity contribution >= 4 is 26.0 Å². The van der Waals surface area contributed by atoms with Crippen LogP contribution in [0, 0.1) is 5.82 Å². The van der Waals surface area contributed by atoms with Gasteiger partial charge >= 0.3 is 0 Å². The molecule has 2 rings (SSSR count). The van der Waals surface area contributed by atoms with Crippen LogP contribution in [0.2, 0.25) is 0 Å². The van der Waals surface area contributed by atoms with Crippen LogP contribution in [0.5, 0.6) is 0 Å². The molecule has 0 atom stereocenters. The Morgan fingerprint density at radius 2 is 1.84 bits per heavy atom. The minimum absolute atomic E-state index is 0.0837. The largest absolute Gasteiger partial charge is 0.240 e. The molecular weight excluding hydrogens is 333 g/mol. The lowest BCUT2D eigenvalue weighted by molar-refractivity contribution is 0.577. The highest BCUT2D eigenvalue weighted by Gasteiger charge is 2.14. The molecule has 0 amide bonds. The van der Waals surface area contributed by atoms with E-state index in [1.807, 2.05) is 18.2 Å². The summed E-state index contributed by atoms with van der Waals surface area (Å²) in [6.45, 7) is 0.139. The molecule has 0 aliphatic heterocycles. The molecule has 6 heteroatoms. The van der Waals surface area contributed by atoms with Gasteiger partial charge in [0.05, 0.1) is 4.90 Å². The van der Waals surface area contributed by atoms with Gasteiger partial charge in [0.2, 0.25) is 10.0 Å². The molecule has 3 nitrogen and oxygen atoms in total. The van der Waals surface area contributed by atoms with Gasteiger partial charge in [-0.1, -0.05) is 40.2 Å². The third kappa shape index (κ3) is 3.62. The fourth-order valence-electron chi connectivity index (χ4n) is 1.53. The molecule has 0 aliphatic carbocycles. The first-order valence-corrected chi connectivity index (χ1v) is 7.75. The number of rotatable bonds is 4. The second-order valence-electron chi connectivity index (χ2n) is 3.87. The Hall–Kier alpha value is -1.24. The van der Waals surface area contributed by atoms with Crippen molar-refractivity contribution in [3.63, 3.8) is 0 Å². The summed E-state index contributed by atoms with van der Waals surface area (Å²) in [5, 5.41) is 0. The maximum Gasteiger partial charge on any atom is 0.240 e. The van der Waals surface area contributed by atoms with Gasteiger partial charge in [-0.25, -0.2) is 17.5 Å². The number of benzene rings is 2. The average Bonchev–Trinajstić information content (AvgIpc) is 2.38. The molecule has 0 saturated carbocycles. The van der Waals surface area contributed by atoms with E-state index in [-0.39, 0.29) is 11.4 Å². The Balaban J connectivity index is 2.17. The molecule has 0 spiro atoms. The maximum atomic E-state index is 13.0. The van der Waals surface area contributed by atoms with Gasteiger partial charge < -0.3 is 0 Å². The van der Waals surface area contributed by atoms with Gasteiger partial charge in [0.1, 0.15) is 5.82 Å². The van der Waals surface area contributed by atoms with E-state index in [0.717, 1.165) is 16.1 Å². The Morgan fingerprint density at radius 1 is 1.11 bits per heavy atom. The number of hydrogen-bond acceptors (Lipinski definition) is 2. The van der Waals surface area contributed by atoms with Crippen LogP contribution in [0.4, 0.5) is 4.39 Å². The molecular formula is C13H11BrFNO2S. The molecule has 2 aromatic rings. The zero-order valence-corrected chi connectivity index (χ0v) is 12.2. The predicted octanol–water partition coefficient (Wildman–Crippen LogP) is 3.07. The molecule has 2 aromatic carbocycles. The zero-order valence-electron chi connectivity index (χ0n) is 9.81. The highest BCUT2D eigenvalue weighted by atomic mass is 79.9. The van der Waals surface area contributed by atoms with Gasteiger partial charge in [0.15, 0.2) is 0 Å². The Bertz CT molecular complexity index is 689. The molecule has 0 radical (unpaired) electrons. The van der Waals surface area contributed by atoms with Crippen LogP contribution < -0.4 is 4.72 Å². The maximum absolute atomic E-state index is 13.0. The fraction of sp³-hybridized carbons (Fsp3) is 0.0769. The second-order valence-corrected chi connectivity index (χ2v) is 6.49. The molecule has 100 valence electrons. The zero-order chi connectivity index (χ0) is 13.9. The summed E-state index contributed by atoms with van der Waals surface area (Å²) in [6, 6.07) is 12.2. The summed E-state index contributed by atoms with van der Waals surface area (Å²) < 4.78 is 40.2. The number of nitrogens with one attached hydrogen (secondary N) is 1. The topological polar surface area (TPSA) is 46.2 Å². The van der Waals surface area contributed by atoms with Crippen LogP contribution in [0.15, 0.2) is 57.9 Å². The SMILES string of the molecule is O=S(=O)(NCc1ccccc1Br)c1cccc(F)c1. The second kappa shape index (κ2) is 5.81. The Labute approximate surface area is 119 Å². The highest BCUT2D eigenvalue weighted by Crippen LogP contribution is 2.17. The van der Waals surface area contributed by atoms with E-state index in [1.54, 1.807) is 6.07 Å². The molecule has 1 N–H and O–H groups in total. The third-order valence-corrected chi connectivity index (χ3v) is 4.69. The van der Waals surface area contributed by atoms with E-state index in [9.17, 15) is 12.8 Å². The summed E-state index contributed by atoms with van der Waals surface area (Å²) in [7, 11) is -3.71. The van der Waals surface area contributed by atoms with Gasteiger partial charge in [-0.15, -0.1) is 0 Å². The number of hydrogen-bond donors (Lipinski definition) is 1. The third-order valence-electron chi connectivity index (χ3n) is 2.52. The van der Waals surface area contributed by atoms with Crippen LogP contribution >= 0.6 is 15.9 Å². The van der Waals surface area contributed by atoms with E-state index in [1.165, 1.54) is 18.2 Å². The van der Waals surface area contributed by atoms with Gasteiger partial charge in [0.25, 0.3) is 0 Å². The van der Waals surface area contributed by atoms with Gasteiger partial charge in [-0.2, -0.15) is 0 Å². The van der Waals surface area contributed by atoms with Crippen molar-refractivity contribution in [2.75, 3.05) is 0 Å². The number of sulfonamides is 1. The highest BCUT2D eigenvalue weighted by molar-refractivity contribution is 9.10. The van der Waals surface area contributed by atoms with Crippen LogP contribution in [-0.2, 0) is 16.6 Å². The van der Waals surface area contributed by atoms with E-state index >= 15 is 0 Å². The van der Waals surface area contributed by atoms with Crippen molar-refractivity contribution in [3.05, 3.63) is 64.4 Å². The average molecular weight is 344 g/mol. The van der Waals surface area contributed by atoms with Gasteiger partial charge in [0, 0.05) is 11.0 Å². The standard InChI is InChI=1S/C13H11BrFNO2S/c14-13-7-2-1-4-10(13)9-16-19(17,18)12-6-3-5-11(15)8-12/h1-8,16H,9H2. The lowest BCUT2D eigenvalue weighted by Crippen LogP contribution is -2.23. The van der Waals surface area contributed by atoms with E-state index in [0.29, 0.717) is 0 Å². The monoisotopic (exact) mass is 343 g/mol. The lowest BCUT2D eigenvalue weighted by atomic mass is 10.2. The van der Waals surface area contributed by atoms with E-state index in [4.69, 9.17) is 0 Å². The molecule has 0 unspecified atom stereocenters. The Kier molecular flexibility index (Phi) is 4.34. The first-order chi connectivity index (χ1) is 8.99. The minimum Gasteiger partial charge on any atom is -0.207 e. The molecule has 0 aliphatic rings. The summed E-state index contributed by atoms with van der Waals surface area (Å²) >= 11 is 3.34. The molecule has 0 bridgehead atoms. The minimum atomic E-state index is -3.71. The fourth-order valence-corrected chi connectivity index (χ4v) is 2.99. The van der Waals surface area contributed by atoms with Crippen molar-refractivity contribution in [1.29, 1.82) is 0 Å². The van der Waals surface area contributed by atoms with E-state index < -0.39 is 15.8 Å². The molecule has 0 heterocycles. The summed E-state index contributed by atoms with van der Waals surface area (Å²) in [5.41, 5.74) is 0.808. The Morgan fingerprint density at radius 3 is 2.53 bits per heavy atom. The lowest BCUT2D eigenvalue weighted by Gasteiger charge is -2.08. The summed E-state index contributed by atoms with van der Waals surface area (Å²) in [4.78, 5) is -0.0837. The van der Waals surface area contributed by atoms with Crippen molar-refractivity contribution in [2.24, 2.45) is 0 Å². The predicted molar refractivity (Wildman–Crippen MR) is 74.6 cm³/mol. The molecule has 0 fully saturated rings. The van der Waals surface area contributed by atoms with Crippen molar-refractivity contribution in [2.45, 2.75) is 11.4 Å². The van der Waals surface area contributed by atoms with Crippen LogP contribution in [0.25, 0.3) is 0 Å². The van der Waals surface area contributed by atoms with E-state index in [2.05, 4.69) is 20.7 Å². The van der Waals surface area contributed by atoms with Crippen molar-refractivity contribution < 1.29 is 12.8 Å². The van der Waals surface area contributed by atoms with Crippen molar-refractivity contribution in [1.82, 2.24) is 4.72 Å². The van der Waals surface area contributed by atoms with Crippen LogP contribution in [0.1, 0.15) is 5.56 Å². The van der Waals surface area contributed by atoms with Gasteiger partial charge in [-0.05, 0) is 29.8 Å². The normalized spacial score (nSPS) is 11.5. The number of halogens is 2. The molecule has 0 saturated heterocycles. The van der Waals surface area contributed by atoms with Crippen LogP contribution in [-0.4, -0.2) is 8.42 Å². The summed E-state index contributed by atoms with van der Waals surface area (Å²) in [5.74, 6) is -0.580. The quantitative estimate of drug-likeness (QED) is 0.927. The smallest absolute Gasteiger partial charge is 0.207 e. The summed E-state index contributed by atoms with van der Waals surface area (Å²) in [6.07, 6.45) is 0. The van der Waals surface area contributed by atoms with Crippen molar-refractivity contribution in [3.8, 4) is 0 Å². The van der Waals surface area contributed by atoms with Crippen LogP contribution in [0.3, 0.4) is 0 Å².